The second kappa shape index (κ2) is 16.5. The number of hydrogen-bond donors (Lipinski definition) is 0. The monoisotopic (exact) mass is 865 g/mol. The van der Waals surface area contributed by atoms with Gasteiger partial charge in [-0.3, -0.25) is 0 Å². The molecule has 2 aliphatic heterocycles. The van der Waals surface area contributed by atoms with E-state index in [2.05, 4.69) is 282 Å². The Kier molecular flexibility index (Phi) is 9.61. The quantitative estimate of drug-likeness (QED) is 0.141. The molecule has 318 valence electrons. The van der Waals surface area contributed by atoms with E-state index >= 15 is 0 Å². The molecule has 0 N–H and O–H groups in total. The fraction of sp³-hybridized carbons (Fsp3) is 0. The van der Waals surface area contributed by atoms with Crippen LogP contribution in [0.15, 0.2) is 267 Å². The smallest absolute Gasteiger partial charge is 0.333 e. The molecule has 0 saturated carbocycles. The number of fused-ring (bicyclic) bond motifs is 6. The zero-order chi connectivity index (χ0) is 45.0. The summed E-state index contributed by atoms with van der Waals surface area (Å²) >= 11 is 0. The van der Waals surface area contributed by atoms with Gasteiger partial charge in [-0.1, -0.05) is 188 Å². The van der Waals surface area contributed by atoms with Crippen LogP contribution in [-0.2, 0) is 0 Å². The average Bonchev–Trinajstić information content (AvgIpc) is 3.42. The van der Waals surface area contributed by atoms with Crippen molar-refractivity contribution in [1.29, 1.82) is 0 Å². The van der Waals surface area contributed by atoms with Crippen LogP contribution in [0.5, 0.6) is 0 Å². The summed E-state index contributed by atoms with van der Waals surface area (Å²) in [4.78, 5) is 7.52. The Morgan fingerprint density at radius 2 is 0.794 bits per heavy atom. The Morgan fingerprint density at radius 3 is 1.38 bits per heavy atom. The second-order valence-electron chi connectivity index (χ2n) is 17.7. The molecule has 13 rings (SSSR count). The molecule has 4 heteroatoms. The topological polar surface area (TPSA) is 9.72 Å². The van der Waals surface area contributed by atoms with Crippen LogP contribution in [0.3, 0.4) is 0 Å². The van der Waals surface area contributed by atoms with Gasteiger partial charge in [0.25, 0.3) is 0 Å². The molecule has 0 fully saturated rings. The van der Waals surface area contributed by atoms with Crippen molar-refractivity contribution in [2.24, 2.45) is 0 Å². The number of benzene rings is 11. The standard InChI is InChI=1S/C64H44BN3/c1-6-18-45(19-7-1)48-30-35-54(36-31-48)67-61-40-34-50(47-22-10-3-11-23-47)42-59(61)65-64-62(67)43-51-24-16-17-29-57(51)63(64)58-44-56(66(52-25-12-4-13-26-52)53-27-14-5-15-28-53)39-41-60(58)68(65)55-37-32-49(33-38-55)46-20-8-2-9-21-46/h1-44H. The lowest BCUT2D eigenvalue weighted by molar-refractivity contribution is 1.26. The molecule has 0 aromatic heterocycles. The summed E-state index contributed by atoms with van der Waals surface area (Å²) in [7, 11) is 0. The van der Waals surface area contributed by atoms with Crippen molar-refractivity contribution >= 4 is 74.0 Å². The van der Waals surface area contributed by atoms with Gasteiger partial charge in [-0.15, -0.1) is 0 Å². The van der Waals surface area contributed by atoms with Gasteiger partial charge < -0.3 is 14.6 Å². The predicted molar refractivity (Wildman–Crippen MR) is 289 cm³/mol. The van der Waals surface area contributed by atoms with Gasteiger partial charge in [0.15, 0.2) is 0 Å². The van der Waals surface area contributed by atoms with E-state index < -0.39 is 0 Å². The number of anilines is 8. The molecule has 0 bridgehead atoms. The molecule has 2 aliphatic rings. The van der Waals surface area contributed by atoms with Gasteiger partial charge in [-0.05, 0) is 140 Å². The van der Waals surface area contributed by atoms with Crippen molar-refractivity contribution in [3.63, 3.8) is 0 Å². The SMILES string of the molecule is c1ccc(-c2ccc(N3B4c5cc(-c6ccccc6)ccc5N(c5ccc(-c6ccccc6)cc5)c5cc6ccccc6c(c54)-c4cc(N(c5ccccc5)c5ccccc5)ccc43)cc2)cc1. The van der Waals surface area contributed by atoms with E-state index in [0.29, 0.717) is 0 Å². The van der Waals surface area contributed by atoms with Crippen molar-refractivity contribution in [2.75, 3.05) is 14.6 Å². The van der Waals surface area contributed by atoms with Gasteiger partial charge >= 0.3 is 6.85 Å². The lowest BCUT2D eigenvalue weighted by Gasteiger charge is -2.46. The Balaban J connectivity index is 1.11. The fourth-order valence-corrected chi connectivity index (χ4v) is 10.7. The summed E-state index contributed by atoms with van der Waals surface area (Å²) in [6, 6.07) is 97.6. The maximum atomic E-state index is 2.62. The molecular formula is C64H44BN3. The molecule has 11 aromatic carbocycles. The minimum Gasteiger partial charge on any atom is -0.376 e. The molecule has 0 radical (unpaired) electrons. The highest BCUT2D eigenvalue weighted by Crippen LogP contribution is 2.51. The molecule has 0 unspecified atom stereocenters. The van der Waals surface area contributed by atoms with Crippen molar-refractivity contribution in [1.82, 2.24) is 0 Å². The molecular weight excluding hydrogens is 822 g/mol. The number of nitrogens with zero attached hydrogens (tertiary/aromatic N) is 3. The lowest BCUT2D eigenvalue weighted by atomic mass is 9.43. The lowest BCUT2D eigenvalue weighted by Crippen LogP contribution is -2.61. The maximum Gasteiger partial charge on any atom is 0.333 e. The molecule has 11 aromatic rings. The van der Waals surface area contributed by atoms with Gasteiger partial charge in [-0.2, -0.15) is 0 Å². The number of para-hydroxylation sites is 2. The predicted octanol–water partition coefficient (Wildman–Crippen LogP) is 16.0. The van der Waals surface area contributed by atoms with Crippen molar-refractivity contribution in [3.05, 3.63) is 267 Å². The summed E-state index contributed by atoms with van der Waals surface area (Å²) in [5.41, 5.74) is 21.2. The largest absolute Gasteiger partial charge is 0.376 e. The van der Waals surface area contributed by atoms with Crippen LogP contribution in [0.4, 0.5) is 45.5 Å². The first-order chi connectivity index (χ1) is 33.7. The van der Waals surface area contributed by atoms with Gasteiger partial charge in [0.05, 0.1) is 0 Å². The maximum absolute atomic E-state index is 2.62. The third-order valence-electron chi connectivity index (χ3n) is 13.8. The van der Waals surface area contributed by atoms with E-state index in [0.717, 1.165) is 28.4 Å². The summed E-state index contributed by atoms with van der Waals surface area (Å²) in [6.45, 7) is -0.164. The van der Waals surface area contributed by atoms with Crippen molar-refractivity contribution in [3.8, 4) is 44.5 Å². The highest BCUT2D eigenvalue weighted by atomic mass is 15.2. The van der Waals surface area contributed by atoms with Gasteiger partial charge in [0, 0.05) is 51.1 Å². The Labute approximate surface area is 398 Å². The van der Waals surface area contributed by atoms with Gasteiger partial charge in [0.2, 0.25) is 0 Å². The number of rotatable bonds is 8. The zero-order valence-electron chi connectivity index (χ0n) is 37.3. The molecule has 0 aliphatic carbocycles. The molecule has 2 heterocycles. The van der Waals surface area contributed by atoms with Crippen LogP contribution in [0, 0.1) is 0 Å². The number of hydrogen-bond acceptors (Lipinski definition) is 3. The first kappa shape index (κ1) is 39.5. The average molecular weight is 866 g/mol. The highest BCUT2D eigenvalue weighted by Gasteiger charge is 2.46. The van der Waals surface area contributed by atoms with E-state index in [-0.39, 0.29) is 6.85 Å². The van der Waals surface area contributed by atoms with E-state index in [4.69, 9.17) is 0 Å². The minimum atomic E-state index is -0.164. The first-order valence-electron chi connectivity index (χ1n) is 23.5. The van der Waals surface area contributed by atoms with Crippen LogP contribution in [0.25, 0.3) is 55.3 Å². The molecule has 0 atom stereocenters. The van der Waals surface area contributed by atoms with E-state index in [1.165, 1.54) is 83.3 Å². The summed E-state index contributed by atoms with van der Waals surface area (Å²) in [5.74, 6) is 0. The van der Waals surface area contributed by atoms with Gasteiger partial charge in [0.1, 0.15) is 0 Å². The van der Waals surface area contributed by atoms with Crippen LogP contribution < -0.4 is 25.5 Å². The Bertz CT molecular complexity index is 3560. The molecule has 0 spiro atoms. The van der Waals surface area contributed by atoms with Crippen LogP contribution in [0.1, 0.15) is 0 Å². The summed E-state index contributed by atoms with van der Waals surface area (Å²) in [5, 5.41) is 2.44. The minimum absolute atomic E-state index is 0.164. The molecule has 68 heavy (non-hydrogen) atoms. The van der Waals surface area contributed by atoms with E-state index in [1.54, 1.807) is 0 Å². The third kappa shape index (κ3) is 6.69. The third-order valence-corrected chi connectivity index (χ3v) is 13.8. The summed E-state index contributed by atoms with van der Waals surface area (Å²) in [6.07, 6.45) is 0. The second-order valence-corrected chi connectivity index (χ2v) is 17.7. The fourth-order valence-electron chi connectivity index (χ4n) is 10.7. The van der Waals surface area contributed by atoms with E-state index in [1.807, 2.05) is 0 Å². The van der Waals surface area contributed by atoms with E-state index in [9.17, 15) is 0 Å². The van der Waals surface area contributed by atoms with Crippen molar-refractivity contribution in [2.45, 2.75) is 0 Å². The van der Waals surface area contributed by atoms with Crippen LogP contribution in [0.2, 0.25) is 0 Å². The summed E-state index contributed by atoms with van der Waals surface area (Å²) < 4.78 is 0. The highest BCUT2D eigenvalue weighted by molar-refractivity contribution is 6.94. The van der Waals surface area contributed by atoms with Crippen molar-refractivity contribution < 1.29 is 0 Å². The van der Waals surface area contributed by atoms with Gasteiger partial charge in [-0.25, -0.2) is 0 Å². The van der Waals surface area contributed by atoms with Crippen LogP contribution >= 0.6 is 0 Å². The zero-order valence-corrected chi connectivity index (χ0v) is 37.3. The van der Waals surface area contributed by atoms with Crippen LogP contribution in [-0.4, -0.2) is 6.85 Å². The Morgan fingerprint density at radius 1 is 0.324 bits per heavy atom. The normalized spacial score (nSPS) is 12.3. The molecule has 0 amide bonds. The Hall–Kier alpha value is -8.86. The first-order valence-corrected chi connectivity index (χ1v) is 23.5. The molecule has 0 saturated heterocycles. The molecule has 3 nitrogen and oxygen atoms in total.